The Bertz CT molecular complexity index is 733. The lowest BCUT2D eigenvalue weighted by atomic mass is 10.1. The van der Waals surface area contributed by atoms with Crippen LogP contribution < -0.4 is 14.8 Å². The van der Waals surface area contributed by atoms with Crippen molar-refractivity contribution in [2.24, 2.45) is 0 Å². The molecular weight excluding hydrogens is 355 g/mol. The normalized spacial score (nSPS) is 11.1. The van der Waals surface area contributed by atoms with Crippen LogP contribution in [0, 0.1) is 0 Å². The van der Waals surface area contributed by atoms with Crippen LogP contribution in [-0.2, 0) is 6.54 Å². The van der Waals surface area contributed by atoms with Crippen molar-refractivity contribution >= 4 is 17.7 Å². The van der Waals surface area contributed by atoms with Crippen molar-refractivity contribution < 1.29 is 27.4 Å². The Morgan fingerprint density at radius 1 is 1.08 bits per heavy atom. The van der Waals surface area contributed by atoms with Gasteiger partial charge in [-0.1, -0.05) is 12.1 Å². The lowest BCUT2D eigenvalue weighted by Crippen LogP contribution is -2.23. The quantitative estimate of drug-likeness (QED) is 0.772. The highest BCUT2D eigenvalue weighted by Crippen LogP contribution is 2.36. The Morgan fingerprint density at radius 2 is 1.76 bits per heavy atom. The molecule has 0 aromatic heterocycles. The summed E-state index contributed by atoms with van der Waals surface area (Å²) in [4.78, 5) is 12.2. The van der Waals surface area contributed by atoms with E-state index < -0.39 is 11.4 Å². The molecule has 0 aliphatic heterocycles. The number of carbonyl (C=O) groups excluding carboxylic acids is 1. The summed E-state index contributed by atoms with van der Waals surface area (Å²) in [5.74, 6) is 0.665. The fourth-order valence-electron chi connectivity index (χ4n) is 2.18. The van der Waals surface area contributed by atoms with Gasteiger partial charge in [0.05, 0.1) is 14.2 Å². The van der Waals surface area contributed by atoms with Crippen molar-refractivity contribution in [2.45, 2.75) is 16.9 Å². The lowest BCUT2D eigenvalue weighted by Gasteiger charge is -2.13. The molecule has 0 atom stereocenters. The Labute approximate surface area is 147 Å². The van der Waals surface area contributed by atoms with Crippen LogP contribution in [0.5, 0.6) is 11.5 Å². The monoisotopic (exact) mass is 371 g/mol. The third-order valence-electron chi connectivity index (χ3n) is 3.27. The topological polar surface area (TPSA) is 47.6 Å². The molecule has 8 heteroatoms. The van der Waals surface area contributed by atoms with Gasteiger partial charge in [-0.2, -0.15) is 13.2 Å². The highest BCUT2D eigenvalue weighted by molar-refractivity contribution is 8.00. The molecule has 1 N–H and O–H groups in total. The predicted molar refractivity (Wildman–Crippen MR) is 89.1 cm³/mol. The van der Waals surface area contributed by atoms with Gasteiger partial charge >= 0.3 is 5.51 Å². The summed E-state index contributed by atoms with van der Waals surface area (Å²) >= 11 is -0.222. The van der Waals surface area contributed by atoms with Crippen LogP contribution in [0.1, 0.15) is 15.9 Å². The molecule has 0 saturated heterocycles. The maximum atomic E-state index is 12.3. The first-order valence-electron chi connectivity index (χ1n) is 7.18. The summed E-state index contributed by atoms with van der Waals surface area (Å²) in [5, 5.41) is 2.71. The molecule has 0 saturated carbocycles. The van der Waals surface area contributed by atoms with Gasteiger partial charge < -0.3 is 14.8 Å². The molecule has 0 aliphatic carbocycles. The average molecular weight is 371 g/mol. The molecule has 134 valence electrons. The number of benzene rings is 2. The van der Waals surface area contributed by atoms with Gasteiger partial charge in [0.2, 0.25) is 0 Å². The number of hydrogen-bond acceptors (Lipinski definition) is 4. The predicted octanol–water partition coefficient (Wildman–Crippen LogP) is 4.25. The van der Waals surface area contributed by atoms with Crippen molar-refractivity contribution in [2.75, 3.05) is 14.2 Å². The first kappa shape index (κ1) is 19.0. The van der Waals surface area contributed by atoms with Crippen molar-refractivity contribution in [3.63, 3.8) is 0 Å². The zero-order valence-corrected chi connectivity index (χ0v) is 14.3. The third-order valence-corrected chi connectivity index (χ3v) is 4.01. The second kappa shape index (κ2) is 8.15. The van der Waals surface area contributed by atoms with Crippen LogP contribution in [0.4, 0.5) is 13.2 Å². The average Bonchev–Trinajstić information content (AvgIpc) is 2.58. The van der Waals surface area contributed by atoms with Gasteiger partial charge in [-0.15, -0.1) is 0 Å². The van der Waals surface area contributed by atoms with Crippen LogP contribution >= 0.6 is 11.8 Å². The number of rotatable bonds is 6. The summed E-state index contributed by atoms with van der Waals surface area (Å²) in [6.45, 7) is 0.193. The van der Waals surface area contributed by atoms with E-state index in [0.717, 1.165) is 5.56 Å². The molecule has 0 spiro atoms. The Kier molecular flexibility index (Phi) is 6.19. The minimum atomic E-state index is -4.35. The molecule has 0 heterocycles. The minimum absolute atomic E-state index is 0.0264. The Morgan fingerprint density at radius 3 is 2.32 bits per heavy atom. The number of hydrogen-bond donors (Lipinski definition) is 1. The zero-order chi connectivity index (χ0) is 18.4. The van der Waals surface area contributed by atoms with Crippen LogP contribution in [0.3, 0.4) is 0 Å². The summed E-state index contributed by atoms with van der Waals surface area (Å²) in [7, 11) is 3.01. The SMILES string of the molecule is COc1cccc(CNC(=O)c2ccc(SC(F)(F)F)cc2)c1OC. The van der Waals surface area contributed by atoms with Crippen LogP contribution in [0.15, 0.2) is 47.4 Å². The molecule has 2 aromatic carbocycles. The largest absolute Gasteiger partial charge is 0.493 e. The van der Waals surface area contributed by atoms with Gasteiger partial charge in [-0.05, 0) is 42.1 Å². The Balaban J connectivity index is 2.03. The standard InChI is InChI=1S/C17H16F3NO3S/c1-23-14-5-3-4-12(15(14)24-2)10-21-16(22)11-6-8-13(9-7-11)25-17(18,19)20/h3-9H,10H2,1-2H3,(H,21,22). The van der Waals surface area contributed by atoms with Crippen molar-refractivity contribution in [3.05, 3.63) is 53.6 Å². The highest BCUT2D eigenvalue weighted by atomic mass is 32.2. The second-order valence-corrected chi connectivity index (χ2v) is 6.05. The molecule has 0 bridgehead atoms. The molecule has 2 rings (SSSR count). The minimum Gasteiger partial charge on any atom is -0.493 e. The van der Waals surface area contributed by atoms with Gasteiger partial charge in [-0.25, -0.2) is 0 Å². The lowest BCUT2D eigenvalue weighted by molar-refractivity contribution is -0.0328. The van der Waals surface area contributed by atoms with Crippen molar-refractivity contribution in [3.8, 4) is 11.5 Å². The van der Waals surface area contributed by atoms with Gasteiger partial charge in [0.25, 0.3) is 5.91 Å². The van der Waals surface area contributed by atoms with E-state index in [2.05, 4.69) is 5.32 Å². The summed E-state index contributed by atoms with van der Waals surface area (Å²) in [5.41, 5.74) is -3.36. The van der Waals surface area contributed by atoms with Crippen molar-refractivity contribution in [1.82, 2.24) is 5.32 Å². The Hall–Kier alpha value is -2.35. The van der Waals surface area contributed by atoms with E-state index in [1.54, 1.807) is 18.2 Å². The number of halogens is 3. The molecule has 4 nitrogen and oxygen atoms in total. The number of thioether (sulfide) groups is 1. The number of nitrogens with one attached hydrogen (secondary N) is 1. The molecule has 1 amide bonds. The van der Waals surface area contributed by atoms with Gasteiger partial charge in [0.15, 0.2) is 11.5 Å². The first-order chi connectivity index (χ1) is 11.8. The molecule has 0 unspecified atom stereocenters. The van der Waals surface area contributed by atoms with E-state index in [0.29, 0.717) is 11.5 Å². The molecular formula is C17H16F3NO3S. The van der Waals surface area contributed by atoms with E-state index in [1.165, 1.54) is 38.5 Å². The maximum Gasteiger partial charge on any atom is 0.446 e. The van der Waals surface area contributed by atoms with Crippen molar-refractivity contribution in [1.29, 1.82) is 0 Å². The fraction of sp³-hybridized carbons (Fsp3) is 0.235. The van der Waals surface area contributed by atoms with Gasteiger partial charge in [-0.3, -0.25) is 4.79 Å². The first-order valence-corrected chi connectivity index (χ1v) is 7.99. The summed E-state index contributed by atoms with van der Waals surface area (Å²) in [6.07, 6.45) is 0. The van der Waals surface area contributed by atoms with Gasteiger partial charge in [0, 0.05) is 22.6 Å². The molecule has 0 fully saturated rings. The number of amides is 1. The number of alkyl halides is 3. The van der Waals surface area contributed by atoms with E-state index >= 15 is 0 Å². The highest BCUT2D eigenvalue weighted by Gasteiger charge is 2.29. The fourth-order valence-corrected chi connectivity index (χ4v) is 2.72. The molecule has 2 aromatic rings. The van der Waals surface area contributed by atoms with Crippen LogP contribution in [-0.4, -0.2) is 25.6 Å². The maximum absolute atomic E-state index is 12.3. The van der Waals surface area contributed by atoms with E-state index in [9.17, 15) is 18.0 Å². The van der Waals surface area contributed by atoms with E-state index in [-0.39, 0.29) is 28.8 Å². The summed E-state index contributed by atoms with van der Waals surface area (Å²) < 4.78 is 47.4. The number of carbonyl (C=O) groups is 1. The number of methoxy groups -OCH3 is 2. The molecule has 25 heavy (non-hydrogen) atoms. The number of para-hydroxylation sites is 1. The third kappa shape index (κ3) is 5.32. The zero-order valence-electron chi connectivity index (χ0n) is 13.5. The molecule has 0 aliphatic rings. The second-order valence-electron chi connectivity index (χ2n) is 4.91. The smallest absolute Gasteiger partial charge is 0.446 e. The summed E-state index contributed by atoms with van der Waals surface area (Å²) in [6, 6.07) is 10.5. The van der Waals surface area contributed by atoms with Crippen LogP contribution in [0.25, 0.3) is 0 Å². The van der Waals surface area contributed by atoms with Crippen LogP contribution in [0.2, 0.25) is 0 Å². The van der Waals surface area contributed by atoms with E-state index in [1.807, 2.05) is 0 Å². The van der Waals surface area contributed by atoms with E-state index in [4.69, 9.17) is 9.47 Å². The molecule has 0 radical (unpaired) electrons. The van der Waals surface area contributed by atoms with Gasteiger partial charge in [0.1, 0.15) is 0 Å². The number of ether oxygens (including phenoxy) is 2.